The topological polar surface area (TPSA) is 52.6 Å². The van der Waals surface area contributed by atoms with E-state index in [-0.39, 0.29) is 5.92 Å². The van der Waals surface area contributed by atoms with Gasteiger partial charge in [-0.25, -0.2) is 8.42 Å². The summed E-state index contributed by atoms with van der Waals surface area (Å²) < 4.78 is 33.6. The van der Waals surface area contributed by atoms with Crippen LogP contribution >= 0.6 is 10.7 Å². The molecule has 1 aromatic rings. The Balaban J connectivity index is 2.10. The van der Waals surface area contributed by atoms with Gasteiger partial charge in [-0.05, 0) is 30.5 Å². The number of halogens is 1. The zero-order chi connectivity index (χ0) is 13.9. The number of methoxy groups -OCH3 is 1. The molecular formula is C13H17ClO4S. The molecule has 1 fully saturated rings. The molecule has 0 aliphatic carbocycles. The van der Waals surface area contributed by atoms with Crippen LogP contribution in [0.4, 0.5) is 0 Å². The Morgan fingerprint density at radius 1 is 1.37 bits per heavy atom. The van der Waals surface area contributed by atoms with Crippen LogP contribution in [0.25, 0.3) is 0 Å². The maximum absolute atomic E-state index is 11.6. The third-order valence-corrected chi connectivity index (χ3v) is 5.45. The molecule has 6 heteroatoms. The average molecular weight is 305 g/mol. The van der Waals surface area contributed by atoms with Crippen molar-refractivity contribution in [2.24, 2.45) is 5.92 Å². The normalized spacial score (nSPS) is 24.1. The van der Waals surface area contributed by atoms with E-state index in [0.29, 0.717) is 26.1 Å². The fourth-order valence-corrected chi connectivity index (χ4v) is 4.12. The number of hydrogen-bond acceptors (Lipinski definition) is 4. The van der Waals surface area contributed by atoms with Crippen molar-refractivity contribution in [2.45, 2.75) is 18.1 Å². The van der Waals surface area contributed by atoms with Gasteiger partial charge in [-0.1, -0.05) is 12.1 Å². The SMILES string of the molecule is COc1ccc(C[C@@H]2COCC[C@@H]2S(=O)(=O)Cl)cc1. The first kappa shape index (κ1) is 14.6. The van der Waals surface area contributed by atoms with E-state index in [1.807, 2.05) is 24.3 Å². The van der Waals surface area contributed by atoms with Crippen LogP contribution < -0.4 is 4.74 Å². The van der Waals surface area contributed by atoms with Gasteiger partial charge in [0.15, 0.2) is 0 Å². The van der Waals surface area contributed by atoms with Crippen LogP contribution in [-0.4, -0.2) is 34.0 Å². The summed E-state index contributed by atoms with van der Waals surface area (Å²) in [5.74, 6) is 0.690. The summed E-state index contributed by atoms with van der Waals surface area (Å²) in [4.78, 5) is 0. The molecule has 106 valence electrons. The molecule has 0 N–H and O–H groups in total. The van der Waals surface area contributed by atoms with E-state index < -0.39 is 14.3 Å². The smallest absolute Gasteiger partial charge is 0.235 e. The highest BCUT2D eigenvalue weighted by Gasteiger charge is 2.34. The van der Waals surface area contributed by atoms with Gasteiger partial charge >= 0.3 is 0 Å². The van der Waals surface area contributed by atoms with Crippen LogP contribution in [0.5, 0.6) is 5.75 Å². The molecule has 2 rings (SSSR count). The number of ether oxygens (including phenoxy) is 2. The maximum Gasteiger partial charge on any atom is 0.235 e. The minimum Gasteiger partial charge on any atom is -0.497 e. The molecule has 0 radical (unpaired) electrons. The fraction of sp³-hybridized carbons (Fsp3) is 0.538. The Morgan fingerprint density at radius 3 is 2.63 bits per heavy atom. The predicted molar refractivity (Wildman–Crippen MR) is 74.2 cm³/mol. The highest BCUT2D eigenvalue weighted by molar-refractivity contribution is 8.14. The molecule has 2 atom stereocenters. The second-order valence-corrected chi connectivity index (χ2v) is 7.54. The molecule has 0 amide bonds. The summed E-state index contributed by atoms with van der Waals surface area (Å²) in [7, 11) is 3.59. The minimum atomic E-state index is -3.54. The fourth-order valence-electron chi connectivity index (χ4n) is 2.40. The predicted octanol–water partition coefficient (Wildman–Crippen LogP) is 2.21. The van der Waals surface area contributed by atoms with Crippen molar-refractivity contribution < 1.29 is 17.9 Å². The van der Waals surface area contributed by atoms with E-state index in [4.69, 9.17) is 20.2 Å². The molecule has 4 nitrogen and oxygen atoms in total. The second-order valence-electron chi connectivity index (χ2n) is 4.69. The summed E-state index contributed by atoms with van der Waals surface area (Å²) in [6, 6.07) is 7.60. The van der Waals surface area contributed by atoms with E-state index in [0.717, 1.165) is 11.3 Å². The molecule has 1 aliphatic rings. The Bertz CT molecular complexity index is 512. The van der Waals surface area contributed by atoms with Gasteiger partial charge in [0, 0.05) is 23.2 Å². The van der Waals surface area contributed by atoms with Crippen molar-refractivity contribution in [3.63, 3.8) is 0 Å². The Labute approximate surface area is 118 Å². The quantitative estimate of drug-likeness (QED) is 0.800. The lowest BCUT2D eigenvalue weighted by atomic mass is 9.93. The van der Waals surface area contributed by atoms with Gasteiger partial charge in [-0.15, -0.1) is 0 Å². The summed E-state index contributed by atoms with van der Waals surface area (Å²) >= 11 is 0. The lowest BCUT2D eigenvalue weighted by Gasteiger charge is -2.29. The lowest BCUT2D eigenvalue weighted by Crippen LogP contribution is -2.37. The van der Waals surface area contributed by atoms with Gasteiger partial charge in [-0.2, -0.15) is 0 Å². The van der Waals surface area contributed by atoms with Crippen molar-refractivity contribution in [3.8, 4) is 5.75 Å². The second kappa shape index (κ2) is 6.11. The maximum atomic E-state index is 11.6. The van der Waals surface area contributed by atoms with Crippen molar-refractivity contribution in [2.75, 3.05) is 20.3 Å². The largest absolute Gasteiger partial charge is 0.497 e. The lowest BCUT2D eigenvalue weighted by molar-refractivity contribution is 0.0577. The van der Waals surface area contributed by atoms with Gasteiger partial charge in [-0.3, -0.25) is 0 Å². The summed E-state index contributed by atoms with van der Waals surface area (Å²) in [5, 5.41) is -0.523. The third kappa shape index (κ3) is 3.84. The van der Waals surface area contributed by atoms with Crippen LogP contribution in [0.1, 0.15) is 12.0 Å². The Hall–Kier alpha value is -0.780. The van der Waals surface area contributed by atoms with Gasteiger partial charge in [0.1, 0.15) is 5.75 Å². The van der Waals surface area contributed by atoms with E-state index in [2.05, 4.69) is 0 Å². The molecule has 1 saturated heterocycles. The van der Waals surface area contributed by atoms with Crippen molar-refractivity contribution >= 4 is 19.7 Å². The summed E-state index contributed by atoms with van der Waals surface area (Å²) in [5.41, 5.74) is 1.06. The standard InChI is InChI=1S/C13H17ClO4S/c1-17-12-4-2-10(3-5-12)8-11-9-18-7-6-13(11)19(14,15)16/h2-5,11,13H,6-9H2,1H3/t11-,13+/m1/s1. The van der Waals surface area contributed by atoms with E-state index >= 15 is 0 Å². The summed E-state index contributed by atoms with van der Waals surface area (Å²) in [6.07, 6.45) is 1.10. The van der Waals surface area contributed by atoms with Crippen molar-refractivity contribution in [1.29, 1.82) is 0 Å². The first-order chi connectivity index (χ1) is 9.00. The first-order valence-electron chi connectivity index (χ1n) is 6.15. The molecule has 1 aliphatic heterocycles. The molecule has 0 bridgehead atoms. The van der Waals surface area contributed by atoms with E-state index in [1.54, 1.807) is 7.11 Å². The van der Waals surface area contributed by atoms with Gasteiger partial charge in [0.25, 0.3) is 0 Å². The minimum absolute atomic E-state index is 0.0929. The molecule has 0 aromatic heterocycles. The number of benzene rings is 1. The molecule has 1 heterocycles. The first-order valence-corrected chi connectivity index (χ1v) is 8.52. The van der Waals surface area contributed by atoms with Crippen LogP contribution in [-0.2, 0) is 20.2 Å². The molecule has 0 unspecified atom stereocenters. The zero-order valence-corrected chi connectivity index (χ0v) is 12.3. The average Bonchev–Trinajstić information content (AvgIpc) is 2.39. The molecular weight excluding hydrogens is 288 g/mol. The molecule has 0 spiro atoms. The summed E-state index contributed by atoms with van der Waals surface area (Å²) in [6.45, 7) is 0.887. The Kier molecular flexibility index (Phi) is 4.71. The van der Waals surface area contributed by atoms with Gasteiger partial charge < -0.3 is 9.47 Å². The Morgan fingerprint density at radius 2 is 2.05 bits per heavy atom. The highest BCUT2D eigenvalue weighted by Crippen LogP contribution is 2.28. The van der Waals surface area contributed by atoms with Crippen LogP contribution in [0.2, 0.25) is 0 Å². The number of hydrogen-bond donors (Lipinski definition) is 0. The van der Waals surface area contributed by atoms with Crippen LogP contribution in [0.15, 0.2) is 24.3 Å². The van der Waals surface area contributed by atoms with E-state index in [1.165, 1.54) is 0 Å². The monoisotopic (exact) mass is 304 g/mol. The van der Waals surface area contributed by atoms with Crippen molar-refractivity contribution in [3.05, 3.63) is 29.8 Å². The van der Waals surface area contributed by atoms with Crippen molar-refractivity contribution in [1.82, 2.24) is 0 Å². The van der Waals surface area contributed by atoms with Crippen LogP contribution in [0.3, 0.4) is 0 Å². The molecule has 19 heavy (non-hydrogen) atoms. The zero-order valence-electron chi connectivity index (χ0n) is 10.7. The van der Waals surface area contributed by atoms with Gasteiger partial charge in [0.2, 0.25) is 9.05 Å². The third-order valence-electron chi connectivity index (χ3n) is 3.42. The molecule has 0 saturated carbocycles. The number of rotatable bonds is 4. The highest BCUT2D eigenvalue weighted by atomic mass is 35.7. The van der Waals surface area contributed by atoms with E-state index in [9.17, 15) is 8.42 Å². The molecule has 1 aromatic carbocycles. The van der Waals surface area contributed by atoms with Gasteiger partial charge in [0.05, 0.1) is 19.0 Å². The van der Waals surface area contributed by atoms with Crippen LogP contribution in [0, 0.1) is 5.92 Å².